The first-order chi connectivity index (χ1) is 12.5. The van der Waals surface area contributed by atoms with Crippen LogP contribution in [0.5, 0.6) is 5.75 Å². The summed E-state index contributed by atoms with van der Waals surface area (Å²) in [6, 6.07) is 12.5. The third kappa shape index (κ3) is 3.69. The fourth-order valence-electron chi connectivity index (χ4n) is 2.58. The average molecular weight is 354 g/mol. The third-order valence-electron chi connectivity index (χ3n) is 3.92. The van der Waals surface area contributed by atoms with E-state index in [1.165, 1.54) is 12.1 Å². The summed E-state index contributed by atoms with van der Waals surface area (Å²) in [6.45, 7) is 1.86. The standard InChI is InChI=1S/C20H16F2N2O2/c1-12-9-14(5-6-15(12)20(23)25)17-10-13(7-8-24-17)11-26-18-4-2-3-16(21)19(18)22/h2-10H,11H2,1H3,(H2,23,25). The highest BCUT2D eigenvalue weighted by atomic mass is 19.2. The van der Waals surface area contributed by atoms with Gasteiger partial charge < -0.3 is 10.5 Å². The summed E-state index contributed by atoms with van der Waals surface area (Å²) in [4.78, 5) is 15.6. The molecule has 0 aliphatic heterocycles. The maximum absolute atomic E-state index is 13.6. The second kappa shape index (κ2) is 7.31. The fourth-order valence-corrected chi connectivity index (χ4v) is 2.58. The molecule has 3 rings (SSSR count). The number of nitrogens with two attached hydrogens (primary N) is 1. The van der Waals surface area contributed by atoms with Gasteiger partial charge in [0.05, 0.1) is 5.69 Å². The van der Waals surface area contributed by atoms with Gasteiger partial charge in [-0.2, -0.15) is 4.39 Å². The number of rotatable bonds is 5. The summed E-state index contributed by atoms with van der Waals surface area (Å²) >= 11 is 0. The largest absolute Gasteiger partial charge is 0.486 e. The van der Waals surface area contributed by atoms with Crippen molar-refractivity contribution in [2.45, 2.75) is 13.5 Å². The van der Waals surface area contributed by atoms with Crippen LogP contribution in [0.3, 0.4) is 0 Å². The summed E-state index contributed by atoms with van der Waals surface area (Å²) in [5.41, 5.74) is 8.75. The van der Waals surface area contributed by atoms with E-state index >= 15 is 0 Å². The summed E-state index contributed by atoms with van der Waals surface area (Å²) in [5.74, 6) is -2.60. The minimum Gasteiger partial charge on any atom is -0.486 e. The van der Waals surface area contributed by atoms with Crippen molar-refractivity contribution in [3.8, 4) is 17.0 Å². The number of nitrogens with zero attached hydrogens (tertiary/aromatic N) is 1. The molecule has 0 saturated carbocycles. The van der Waals surface area contributed by atoms with Crippen molar-refractivity contribution in [2.24, 2.45) is 5.73 Å². The van der Waals surface area contributed by atoms with E-state index in [9.17, 15) is 13.6 Å². The molecule has 1 aromatic heterocycles. The van der Waals surface area contributed by atoms with E-state index in [2.05, 4.69) is 4.98 Å². The van der Waals surface area contributed by atoms with Gasteiger partial charge in [-0.05, 0) is 54.4 Å². The number of amides is 1. The van der Waals surface area contributed by atoms with Gasteiger partial charge in [0.2, 0.25) is 11.7 Å². The van der Waals surface area contributed by atoms with Crippen molar-refractivity contribution >= 4 is 5.91 Å². The quantitative estimate of drug-likeness (QED) is 0.753. The average Bonchev–Trinajstić information content (AvgIpc) is 2.63. The Labute approximate surface area is 149 Å². The predicted molar refractivity (Wildman–Crippen MR) is 93.6 cm³/mol. The molecule has 0 unspecified atom stereocenters. The van der Waals surface area contributed by atoms with Gasteiger partial charge in [-0.15, -0.1) is 0 Å². The third-order valence-corrected chi connectivity index (χ3v) is 3.92. The Hall–Kier alpha value is -3.28. The SMILES string of the molecule is Cc1cc(-c2cc(COc3cccc(F)c3F)ccn2)ccc1C(N)=O. The molecule has 0 aliphatic rings. The zero-order valence-electron chi connectivity index (χ0n) is 14.0. The first-order valence-electron chi connectivity index (χ1n) is 7.88. The van der Waals surface area contributed by atoms with Crippen molar-refractivity contribution in [3.63, 3.8) is 0 Å². The molecule has 0 bridgehead atoms. The van der Waals surface area contributed by atoms with E-state index in [1.54, 1.807) is 37.4 Å². The molecule has 6 heteroatoms. The molecule has 2 N–H and O–H groups in total. The predicted octanol–water partition coefficient (Wildman–Crippen LogP) is 4.01. The smallest absolute Gasteiger partial charge is 0.248 e. The van der Waals surface area contributed by atoms with Gasteiger partial charge in [-0.25, -0.2) is 4.39 Å². The van der Waals surface area contributed by atoms with E-state index in [0.717, 1.165) is 22.8 Å². The van der Waals surface area contributed by atoms with Gasteiger partial charge in [0.1, 0.15) is 6.61 Å². The van der Waals surface area contributed by atoms with Gasteiger partial charge in [-0.3, -0.25) is 9.78 Å². The lowest BCUT2D eigenvalue weighted by Crippen LogP contribution is -2.12. The van der Waals surface area contributed by atoms with E-state index in [-0.39, 0.29) is 12.4 Å². The van der Waals surface area contributed by atoms with Gasteiger partial charge >= 0.3 is 0 Å². The van der Waals surface area contributed by atoms with Crippen molar-refractivity contribution in [3.05, 3.63) is 83.1 Å². The van der Waals surface area contributed by atoms with Crippen LogP contribution in [0.1, 0.15) is 21.5 Å². The molecule has 2 aromatic carbocycles. The van der Waals surface area contributed by atoms with Gasteiger partial charge in [0.25, 0.3) is 0 Å². The molecule has 0 atom stereocenters. The highest BCUT2D eigenvalue weighted by Crippen LogP contribution is 2.23. The Balaban J connectivity index is 1.81. The molecular weight excluding hydrogens is 338 g/mol. The first kappa shape index (κ1) is 17.5. The van der Waals surface area contributed by atoms with E-state index in [1.807, 2.05) is 6.07 Å². The van der Waals surface area contributed by atoms with Crippen LogP contribution in [0.25, 0.3) is 11.3 Å². The van der Waals surface area contributed by atoms with E-state index < -0.39 is 17.5 Å². The zero-order chi connectivity index (χ0) is 18.7. The zero-order valence-corrected chi connectivity index (χ0v) is 14.0. The fraction of sp³-hybridized carbons (Fsp3) is 0.100. The van der Waals surface area contributed by atoms with E-state index in [4.69, 9.17) is 10.5 Å². The molecule has 3 aromatic rings. The molecule has 1 amide bonds. The Morgan fingerprint density at radius 1 is 1.15 bits per heavy atom. The lowest BCUT2D eigenvalue weighted by Gasteiger charge is -2.10. The van der Waals surface area contributed by atoms with Gasteiger partial charge in [0, 0.05) is 17.3 Å². The summed E-state index contributed by atoms with van der Waals surface area (Å²) in [7, 11) is 0. The highest BCUT2D eigenvalue weighted by molar-refractivity contribution is 5.94. The van der Waals surface area contributed by atoms with Crippen LogP contribution in [0.15, 0.2) is 54.7 Å². The van der Waals surface area contributed by atoms with E-state index in [0.29, 0.717) is 11.3 Å². The van der Waals surface area contributed by atoms with Crippen molar-refractivity contribution in [1.29, 1.82) is 0 Å². The Morgan fingerprint density at radius 2 is 1.96 bits per heavy atom. The van der Waals surface area contributed by atoms with Crippen molar-refractivity contribution < 1.29 is 18.3 Å². The van der Waals surface area contributed by atoms with Crippen molar-refractivity contribution in [1.82, 2.24) is 4.98 Å². The summed E-state index contributed by atoms with van der Waals surface area (Å²) in [5, 5.41) is 0. The number of aromatic nitrogens is 1. The molecule has 1 heterocycles. The number of benzene rings is 2. The number of carbonyl (C=O) groups excluding carboxylic acids is 1. The number of aryl methyl sites for hydroxylation is 1. The van der Waals surface area contributed by atoms with Crippen LogP contribution >= 0.6 is 0 Å². The number of ether oxygens (including phenoxy) is 1. The monoisotopic (exact) mass is 354 g/mol. The molecule has 0 spiro atoms. The molecule has 4 nitrogen and oxygen atoms in total. The lowest BCUT2D eigenvalue weighted by molar-refractivity contribution is 0.0999. The molecule has 132 valence electrons. The second-order valence-corrected chi connectivity index (χ2v) is 5.78. The Bertz CT molecular complexity index is 974. The summed E-state index contributed by atoms with van der Waals surface area (Å²) in [6.07, 6.45) is 1.60. The molecule has 0 radical (unpaired) electrons. The molecule has 0 saturated heterocycles. The number of primary amides is 1. The molecule has 0 fully saturated rings. The number of halogens is 2. The number of hydrogen-bond acceptors (Lipinski definition) is 3. The minimum atomic E-state index is -1.01. The topological polar surface area (TPSA) is 65.2 Å². The van der Waals surface area contributed by atoms with Gasteiger partial charge in [-0.1, -0.05) is 12.1 Å². The van der Waals surface area contributed by atoms with Gasteiger partial charge in [0.15, 0.2) is 11.6 Å². The second-order valence-electron chi connectivity index (χ2n) is 5.78. The first-order valence-corrected chi connectivity index (χ1v) is 7.88. The van der Waals surface area contributed by atoms with Crippen LogP contribution in [-0.2, 0) is 6.61 Å². The van der Waals surface area contributed by atoms with Crippen LogP contribution in [0.4, 0.5) is 8.78 Å². The molecular formula is C20H16F2N2O2. The van der Waals surface area contributed by atoms with Crippen LogP contribution in [0.2, 0.25) is 0 Å². The maximum Gasteiger partial charge on any atom is 0.248 e. The molecule has 0 aliphatic carbocycles. The lowest BCUT2D eigenvalue weighted by atomic mass is 10.0. The summed E-state index contributed by atoms with van der Waals surface area (Å²) < 4.78 is 32.2. The Morgan fingerprint density at radius 3 is 2.69 bits per heavy atom. The number of pyridine rings is 1. The van der Waals surface area contributed by atoms with Crippen molar-refractivity contribution in [2.75, 3.05) is 0 Å². The number of carbonyl (C=O) groups is 1. The number of hydrogen-bond donors (Lipinski definition) is 1. The van der Waals surface area contributed by atoms with Crippen LogP contribution < -0.4 is 10.5 Å². The maximum atomic E-state index is 13.6. The van der Waals surface area contributed by atoms with Crippen LogP contribution in [-0.4, -0.2) is 10.9 Å². The van der Waals surface area contributed by atoms with Crippen LogP contribution in [0, 0.1) is 18.6 Å². The Kier molecular flexibility index (Phi) is 4.93. The minimum absolute atomic E-state index is 0.0637. The normalized spacial score (nSPS) is 10.6. The molecule has 26 heavy (non-hydrogen) atoms. The highest BCUT2D eigenvalue weighted by Gasteiger charge is 2.10.